The van der Waals surface area contributed by atoms with Crippen LogP contribution in [-0.2, 0) is 6.54 Å². The Morgan fingerprint density at radius 1 is 1.00 bits per heavy atom. The summed E-state index contributed by atoms with van der Waals surface area (Å²) in [7, 11) is 0. The van der Waals surface area contributed by atoms with Crippen molar-refractivity contribution in [1.82, 2.24) is 0 Å². The van der Waals surface area contributed by atoms with Gasteiger partial charge in [-0.15, -0.1) is 0 Å². The minimum atomic E-state index is -1.65. The number of hydrogen-bond acceptors (Lipinski definition) is 2. The van der Waals surface area contributed by atoms with E-state index in [0.717, 1.165) is 6.07 Å². The van der Waals surface area contributed by atoms with Gasteiger partial charge in [0, 0.05) is 23.4 Å². The van der Waals surface area contributed by atoms with Gasteiger partial charge in [0.2, 0.25) is 0 Å². The number of nitrogens with one attached hydrogen (secondary N) is 1. The Kier molecular flexibility index (Phi) is 4.23. The molecule has 1 amide bonds. The molecule has 2 aromatic carbocycles. The molecular weight excluding hydrogens is 288 g/mol. The smallest absolute Gasteiger partial charge is 0.255 e. The maximum atomic E-state index is 13.2. The van der Waals surface area contributed by atoms with Gasteiger partial charge in [0.1, 0.15) is 5.82 Å². The SMILES string of the molecule is NCc1cc(NC(=O)c2cc(F)c(F)c(F)c2)ccc1F. The number of rotatable bonds is 3. The largest absolute Gasteiger partial charge is 0.326 e. The molecule has 2 rings (SSSR count). The minimum Gasteiger partial charge on any atom is -0.326 e. The van der Waals surface area contributed by atoms with Crippen molar-refractivity contribution in [3.63, 3.8) is 0 Å². The molecule has 0 radical (unpaired) electrons. The van der Waals surface area contributed by atoms with E-state index < -0.39 is 34.7 Å². The molecular formula is C14H10F4N2O. The van der Waals surface area contributed by atoms with E-state index in [9.17, 15) is 22.4 Å². The highest BCUT2D eigenvalue weighted by Crippen LogP contribution is 2.17. The number of hydrogen-bond donors (Lipinski definition) is 2. The molecule has 0 aromatic heterocycles. The molecule has 0 saturated carbocycles. The molecule has 0 aliphatic carbocycles. The molecule has 0 unspecified atom stereocenters. The van der Waals surface area contributed by atoms with Crippen molar-refractivity contribution in [2.24, 2.45) is 5.73 Å². The van der Waals surface area contributed by atoms with Gasteiger partial charge in [-0.25, -0.2) is 17.6 Å². The maximum absolute atomic E-state index is 13.2. The summed E-state index contributed by atoms with van der Waals surface area (Å²) in [5, 5.41) is 2.32. The first-order valence-corrected chi connectivity index (χ1v) is 5.86. The normalized spacial score (nSPS) is 10.5. The van der Waals surface area contributed by atoms with Crippen molar-refractivity contribution in [3.8, 4) is 0 Å². The van der Waals surface area contributed by atoms with Gasteiger partial charge in [-0.1, -0.05) is 0 Å². The van der Waals surface area contributed by atoms with Crippen LogP contribution in [-0.4, -0.2) is 5.91 Å². The molecule has 7 heteroatoms. The average molecular weight is 298 g/mol. The number of carbonyl (C=O) groups excluding carboxylic acids is 1. The van der Waals surface area contributed by atoms with Crippen LogP contribution in [0.1, 0.15) is 15.9 Å². The lowest BCUT2D eigenvalue weighted by Crippen LogP contribution is -2.14. The van der Waals surface area contributed by atoms with E-state index in [1.807, 2.05) is 0 Å². The summed E-state index contributed by atoms with van der Waals surface area (Å²) < 4.78 is 52.2. The van der Waals surface area contributed by atoms with Crippen molar-refractivity contribution in [2.75, 3.05) is 5.32 Å². The van der Waals surface area contributed by atoms with E-state index in [-0.39, 0.29) is 17.8 Å². The first-order valence-electron chi connectivity index (χ1n) is 5.86. The van der Waals surface area contributed by atoms with E-state index in [4.69, 9.17) is 5.73 Å². The van der Waals surface area contributed by atoms with Crippen molar-refractivity contribution >= 4 is 11.6 Å². The standard InChI is InChI=1S/C14H10F4N2O/c15-10-2-1-9(3-8(10)6-19)20-14(21)7-4-11(16)13(18)12(17)5-7/h1-5H,6,19H2,(H,20,21). The van der Waals surface area contributed by atoms with E-state index in [2.05, 4.69) is 5.32 Å². The summed E-state index contributed by atoms with van der Waals surface area (Å²) in [6.45, 7) is -0.0741. The number of nitrogens with two attached hydrogens (primary N) is 1. The molecule has 3 nitrogen and oxygen atoms in total. The predicted molar refractivity (Wildman–Crippen MR) is 68.6 cm³/mol. The van der Waals surface area contributed by atoms with Gasteiger partial charge in [0.05, 0.1) is 0 Å². The first-order chi connectivity index (χ1) is 9.92. The lowest BCUT2D eigenvalue weighted by molar-refractivity contribution is 0.102. The Bertz CT molecular complexity index is 680. The zero-order valence-electron chi connectivity index (χ0n) is 10.6. The molecule has 21 heavy (non-hydrogen) atoms. The Balaban J connectivity index is 2.26. The van der Waals surface area contributed by atoms with E-state index in [0.29, 0.717) is 12.1 Å². The molecule has 0 saturated heterocycles. The van der Waals surface area contributed by atoms with Crippen molar-refractivity contribution < 1.29 is 22.4 Å². The maximum Gasteiger partial charge on any atom is 0.255 e. The van der Waals surface area contributed by atoms with E-state index in [1.54, 1.807) is 0 Å². The third-order valence-electron chi connectivity index (χ3n) is 2.77. The molecule has 3 N–H and O–H groups in total. The second-order valence-electron chi connectivity index (χ2n) is 4.22. The summed E-state index contributed by atoms with van der Waals surface area (Å²) in [5.41, 5.74) is 5.30. The number of anilines is 1. The third kappa shape index (κ3) is 3.19. The highest BCUT2D eigenvalue weighted by molar-refractivity contribution is 6.04. The first kappa shape index (κ1) is 15.0. The van der Waals surface area contributed by atoms with Crippen LogP contribution in [0.3, 0.4) is 0 Å². The Labute approximate surface area is 117 Å². The second kappa shape index (κ2) is 5.92. The van der Waals surface area contributed by atoms with Gasteiger partial charge in [0.25, 0.3) is 5.91 Å². The van der Waals surface area contributed by atoms with Crippen LogP contribution < -0.4 is 11.1 Å². The molecule has 0 atom stereocenters. The molecule has 0 fully saturated rings. The predicted octanol–water partition coefficient (Wildman–Crippen LogP) is 2.95. The van der Waals surface area contributed by atoms with Crippen LogP contribution >= 0.6 is 0 Å². The van der Waals surface area contributed by atoms with Crippen LogP contribution in [0.4, 0.5) is 23.2 Å². The molecule has 0 aliphatic heterocycles. The van der Waals surface area contributed by atoms with Crippen molar-refractivity contribution in [1.29, 1.82) is 0 Å². The third-order valence-corrected chi connectivity index (χ3v) is 2.77. The van der Waals surface area contributed by atoms with Gasteiger partial charge in [-0.2, -0.15) is 0 Å². The van der Waals surface area contributed by atoms with Gasteiger partial charge < -0.3 is 11.1 Å². The van der Waals surface area contributed by atoms with Crippen LogP contribution in [0.15, 0.2) is 30.3 Å². The van der Waals surface area contributed by atoms with Gasteiger partial charge in [0.15, 0.2) is 17.5 Å². The van der Waals surface area contributed by atoms with E-state index >= 15 is 0 Å². The minimum absolute atomic E-state index is 0.0741. The highest BCUT2D eigenvalue weighted by Gasteiger charge is 2.15. The monoisotopic (exact) mass is 298 g/mol. The summed E-state index contributed by atoms with van der Waals surface area (Å²) in [4.78, 5) is 11.8. The highest BCUT2D eigenvalue weighted by atomic mass is 19.2. The summed E-state index contributed by atoms with van der Waals surface area (Å²) in [6, 6.07) is 4.80. The lowest BCUT2D eigenvalue weighted by Gasteiger charge is -2.08. The number of amides is 1. The molecule has 0 heterocycles. The fourth-order valence-corrected chi connectivity index (χ4v) is 1.70. The molecule has 2 aromatic rings. The lowest BCUT2D eigenvalue weighted by atomic mass is 10.1. The fraction of sp³-hybridized carbons (Fsp3) is 0.0714. The van der Waals surface area contributed by atoms with Gasteiger partial charge in [-0.05, 0) is 30.3 Å². The zero-order valence-corrected chi connectivity index (χ0v) is 10.6. The number of carbonyl (C=O) groups is 1. The zero-order chi connectivity index (χ0) is 15.6. The summed E-state index contributed by atoms with van der Waals surface area (Å²) >= 11 is 0. The quantitative estimate of drug-likeness (QED) is 0.676. The number of halogens is 4. The van der Waals surface area contributed by atoms with Gasteiger partial charge >= 0.3 is 0 Å². The molecule has 0 aliphatic rings. The van der Waals surface area contributed by atoms with Gasteiger partial charge in [-0.3, -0.25) is 4.79 Å². The molecule has 110 valence electrons. The Hall–Kier alpha value is -2.41. The summed E-state index contributed by atoms with van der Waals surface area (Å²) in [6.07, 6.45) is 0. The Morgan fingerprint density at radius 3 is 2.19 bits per heavy atom. The van der Waals surface area contributed by atoms with Crippen LogP contribution in [0.5, 0.6) is 0 Å². The van der Waals surface area contributed by atoms with Crippen LogP contribution in [0.2, 0.25) is 0 Å². The average Bonchev–Trinajstić information content (AvgIpc) is 2.46. The fourth-order valence-electron chi connectivity index (χ4n) is 1.70. The molecule has 0 bridgehead atoms. The van der Waals surface area contributed by atoms with Crippen molar-refractivity contribution in [3.05, 3.63) is 64.7 Å². The van der Waals surface area contributed by atoms with Crippen LogP contribution in [0.25, 0.3) is 0 Å². The summed E-state index contributed by atoms with van der Waals surface area (Å²) in [5.74, 6) is -5.99. The van der Waals surface area contributed by atoms with E-state index in [1.165, 1.54) is 12.1 Å². The second-order valence-corrected chi connectivity index (χ2v) is 4.22. The topological polar surface area (TPSA) is 55.1 Å². The Morgan fingerprint density at radius 2 is 1.62 bits per heavy atom. The number of benzene rings is 2. The molecule has 0 spiro atoms. The van der Waals surface area contributed by atoms with Crippen molar-refractivity contribution in [2.45, 2.75) is 6.54 Å². The van der Waals surface area contributed by atoms with Crippen LogP contribution in [0, 0.1) is 23.3 Å².